The molecule has 1 aromatic carbocycles. The first-order valence-electron chi connectivity index (χ1n) is 5.11. The fourth-order valence-corrected chi connectivity index (χ4v) is 4.15. The van der Waals surface area contributed by atoms with Gasteiger partial charge in [-0.05, 0) is 40.0 Å². The smallest absolute Gasteiger partial charge is 0.0285 e. The van der Waals surface area contributed by atoms with Crippen LogP contribution in [0.4, 0.5) is 0 Å². The molecule has 0 saturated heterocycles. The predicted octanol–water partition coefficient (Wildman–Crippen LogP) is 5.25. The van der Waals surface area contributed by atoms with Gasteiger partial charge in [0.1, 0.15) is 0 Å². The molecule has 1 aromatic heterocycles. The van der Waals surface area contributed by atoms with Crippen LogP contribution in [0.5, 0.6) is 0 Å². The molecule has 0 atom stereocenters. The summed E-state index contributed by atoms with van der Waals surface area (Å²) in [5.74, 6) is 2.20. The molecule has 0 aliphatic heterocycles. The van der Waals surface area contributed by atoms with Crippen molar-refractivity contribution in [3.05, 3.63) is 56.2 Å². The van der Waals surface area contributed by atoms with Crippen LogP contribution in [0.15, 0.2) is 40.2 Å². The van der Waals surface area contributed by atoms with Gasteiger partial charge in [-0.25, -0.2) is 0 Å². The van der Waals surface area contributed by atoms with Crippen LogP contribution in [0.2, 0.25) is 0 Å². The second-order valence-electron chi connectivity index (χ2n) is 3.65. The average molecular weight is 313 g/mol. The third kappa shape index (κ3) is 3.37. The van der Waals surface area contributed by atoms with Crippen molar-refractivity contribution in [2.24, 2.45) is 0 Å². The van der Waals surface area contributed by atoms with Crippen LogP contribution in [0, 0.1) is 6.92 Å². The summed E-state index contributed by atoms with van der Waals surface area (Å²) in [6, 6.07) is 10.8. The molecule has 0 radical (unpaired) electrons. The maximum absolute atomic E-state index is 3.48. The van der Waals surface area contributed by atoms with Gasteiger partial charge < -0.3 is 0 Å². The number of thioether (sulfide) groups is 1. The Kier molecular flexibility index (Phi) is 4.50. The summed E-state index contributed by atoms with van der Waals surface area (Å²) in [7, 11) is 0. The molecule has 1 heterocycles. The van der Waals surface area contributed by atoms with Crippen LogP contribution in [0.1, 0.15) is 16.0 Å². The van der Waals surface area contributed by atoms with E-state index in [-0.39, 0.29) is 0 Å². The molecule has 0 aliphatic carbocycles. The Morgan fingerprint density at radius 3 is 2.75 bits per heavy atom. The van der Waals surface area contributed by atoms with Crippen molar-refractivity contribution in [2.45, 2.75) is 18.4 Å². The van der Waals surface area contributed by atoms with Crippen molar-refractivity contribution in [3.8, 4) is 0 Å². The van der Waals surface area contributed by atoms with E-state index in [0.717, 1.165) is 11.5 Å². The van der Waals surface area contributed by atoms with E-state index >= 15 is 0 Å². The lowest BCUT2D eigenvalue weighted by Gasteiger charge is -2.04. The van der Waals surface area contributed by atoms with Crippen molar-refractivity contribution < 1.29 is 0 Å². The molecule has 84 valence electrons. The number of hydrogen-bond acceptors (Lipinski definition) is 2. The van der Waals surface area contributed by atoms with Gasteiger partial charge in [0.15, 0.2) is 0 Å². The van der Waals surface area contributed by atoms with Crippen molar-refractivity contribution in [3.63, 3.8) is 0 Å². The van der Waals surface area contributed by atoms with E-state index in [2.05, 4.69) is 58.6 Å². The van der Waals surface area contributed by atoms with E-state index < -0.39 is 0 Å². The summed E-state index contributed by atoms with van der Waals surface area (Å²) in [4.78, 5) is 1.44. The van der Waals surface area contributed by atoms with Crippen molar-refractivity contribution in [1.82, 2.24) is 0 Å². The maximum atomic E-state index is 3.48. The second-order valence-corrected chi connectivity index (χ2v) is 6.55. The van der Waals surface area contributed by atoms with Crippen LogP contribution in [0.25, 0.3) is 0 Å². The Morgan fingerprint density at radius 1 is 1.25 bits per heavy atom. The van der Waals surface area contributed by atoms with Crippen molar-refractivity contribution >= 4 is 39.0 Å². The lowest BCUT2D eigenvalue weighted by molar-refractivity contribution is 1.30. The number of thiophene rings is 1. The van der Waals surface area contributed by atoms with Gasteiger partial charge in [0, 0.05) is 26.2 Å². The van der Waals surface area contributed by atoms with Crippen molar-refractivity contribution in [2.75, 3.05) is 0 Å². The van der Waals surface area contributed by atoms with Gasteiger partial charge >= 0.3 is 0 Å². The van der Waals surface area contributed by atoms with E-state index in [1.807, 2.05) is 23.1 Å². The Balaban J connectivity index is 1.87. The zero-order valence-corrected chi connectivity index (χ0v) is 12.3. The molecule has 0 aliphatic rings. The molecule has 0 amide bonds. The molecule has 3 heteroatoms. The van der Waals surface area contributed by atoms with Gasteiger partial charge in [0.05, 0.1) is 0 Å². The zero-order chi connectivity index (χ0) is 11.4. The number of benzene rings is 1. The molecule has 2 aromatic rings. The normalized spacial score (nSPS) is 10.6. The van der Waals surface area contributed by atoms with Gasteiger partial charge in [-0.2, -0.15) is 11.8 Å². The van der Waals surface area contributed by atoms with E-state index in [1.54, 1.807) is 0 Å². The molecule has 0 fully saturated rings. The summed E-state index contributed by atoms with van der Waals surface area (Å²) < 4.78 is 1.20. The molecule has 0 nitrogen and oxygen atoms in total. The van der Waals surface area contributed by atoms with E-state index in [0.29, 0.717) is 0 Å². The zero-order valence-electron chi connectivity index (χ0n) is 9.07. The molecule has 0 saturated carbocycles. The highest BCUT2D eigenvalue weighted by Gasteiger charge is 2.00. The fourth-order valence-electron chi connectivity index (χ4n) is 1.46. The summed E-state index contributed by atoms with van der Waals surface area (Å²) in [5, 5.41) is 2.14. The average Bonchev–Trinajstić information content (AvgIpc) is 2.67. The van der Waals surface area contributed by atoms with Crippen LogP contribution in [0.3, 0.4) is 0 Å². The minimum absolute atomic E-state index is 1.10. The Labute approximate surface area is 113 Å². The largest absolute Gasteiger partial charge is 0.152 e. The third-order valence-corrected chi connectivity index (χ3v) is 5.30. The first-order chi connectivity index (χ1) is 7.75. The van der Waals surface area contributed by atoms with Gasteiger partial charge in [-0.15, -0.1) is 11.3 Å². The molecule has 0 unspecified atom stereocenters. The summed E-state index contributed by atoms with van der Waals surface area (Å²) in [5.41, 5.74) is 2.84. The van der Waals surface area contributed by atoms with Gasteiger partial charge in [0.25, 0.3) is 0 Å². The maximum Gasteiger partial charge on any atom is 0.0285 e. The monoisotopic (exact) mass is 312 g/mol. The van der Waals surface area contributed by atoms with Gasteiger partial charge in [-0.1, -0.05) is 24.3 Å². The molecule has 0 spiro atoms. The summed E-state index contributed by atoms with van der Waals surface area (Å²) in [6.45, 7) is 2.18. The van der Waals surface area contributed by atoms with E-state index in [1.165, 1.54) is 20.5 Å². The van der Waals surface area contributed by atoms with Gasteiger partial charge in [-0.3, -0.25) is 0 Å². The first-order valence-corrected chi connectivity index (χ1v) is 7.93. The highest BCUT2D eigenvalue weighted by molar-refractivity contribution is 9.10. The molecule has 16 heavy (non-hydrogen) atoms. The number of hydrogen-bond donors (Lipinski definition) is 0. The van der Waals surface area contributed by atoms with Crippen molar-refractivity contribution in [1.29, 1.82) is 0 Å². The molecular weight excluding hydrogens is 300 g/mol. The fraction of sp³-hybridized carbons (Fsp3) is 0.231. The molecular formula is C13H13BrS2. The predicted molar refractivity (Wildman–Crippen MR) is 78.2 cm³/mol. The quantitative estimate of drug-likeness (QED) is 0.742. The molecule has 0 N–H and O–H groups in total. The SMILES string of the molecule is Cc1ccccc1CSCc1cc(Br)cs1. The molecule has 2 rings (SSSR count). The summed E-state index contributed by atoms with van der Waals surface area (Å²) >= 11 is 7.28. The lowest BCUT2D eigenvalue weighted by Crippen LogP contribution is -1.85. The molecule has 0 bridgehead atoms. The number of rotatable bonds is 4. The van der Waals surface area contributed by atoms with E-state index in [9.17, 15) is 0 Å². The van der Waals surface area contributed by atoms with Gasteiger partial charge in [0.2, 0.25) is 0 Å². The second kappa shape index (κ2) is 5.89. The lowest BCUT2D eigenvalue weighted by atomic mass is 10.1. The highest BCUT2D eigenvalue weighted by Crippen LogP contribution is 2.26. The van der Waals surface area contributed by atoms with Crippen LogP contribution in [-0.4, -0.2) is 0 Å². The third-order valence-electron chi connectivity index (χ3n) is 2.38. The Morgan fingerprint density at radius 2 is 2.06 bits per heavy atom. The minimum atomic E-state index is 1.10. The van der Waals surface area contributed by atoms with E-state index in [4.69, 9.17) is 0 Å². The van der Waals surface area contributed by atoms with Crippen LogP contribution < -0.4 is 0 Å². The van der Waals surface area contributed by atoms with Crippen LogP contribution >= 0.6 is 39.0 Å². The highest BCUT2D eigenvalue weighted by atomic mass is 79.9. The minimum Gasteiger partial charge on any atom is -0.152 e. The summed E-state index contributed by atoms with van der Waals surface area (Å²) in [6.07, 6.45) is 0. The number of aryl methyl sites for hydroxylation is 1. The number of halogens is 1. The topological polar surface area (TPSA) is 0 Å². The standard InChI is InChI=1S/C13H13BrS2/c1-10-4-2-3-5-11(10)7-15-9-13-6-12(14)8-16-13/h2-6,8H,7,9H2,1H3. The first kappa shape index (κ1) is 12.2. The Hall–Kier alpha value is -0.250. The Bertz CT molecular complexity index is 462. The van der Waals surface area contributed by atoms with Crippen LogP contribution in [-0.2, 0) is 11.5 Å².